The molecule has 0 aromatic heterocycles. The van der Waals surface area contributed by atoms with Crippen molar-refractivity contribution in [1.82, 2.24) is 0 Å². The Hall–Kier alpha value is -0.320. The molecular formula is C22H39ClO4. The van der Waals surface area contributed by atoms with Crippen LogP contribution in [0.2, 0.25) is 0 Å². The molecule has 2 rings (SSSR count). The lowest BCUT2D eigenvalue weighted by Crippen LogP contribution is -2.52. The molecule has 1 N–H and O–H groups in total. The van der Waals surface area contributed by atoms with Crippen molar-refractivity contribution in [3.63, 3.8) is 0 Å². The zero-order chi connectivity index (χ0) is 20.2. The molecule has 4 nitrogen and oxygen atoms in total. The Balaban J connectivity index is 2.01. The van der Waals surface area contributed by atoms with Gasteiger partial charge < -0.3 is 14.6 Å². The van der Waals surface area contributed by atoms with E-state index in [2.05, 4.69) is 20.8 Å². The van der Waals surface area contributed by atoms with E-state index in [1.54, 1.807) is 0 Å². The average Bonchev–Trinajstić information content (AvgIpc) is 2.59. The van der Waals surface area contributed by atoms with Gasteiger partial charge in [-0.2, -0.15) is 0 Å². The first-order valence-electron chi connectivity index (χ1n) is 10.7. The molecule has 158 valence electrons. The van der Waals surface area contributed by atoms with Gasteiger partial charge in [-0.15, -0.1) is 11.6 Å². The summed E-state index contributed by atoms with van der Waals surface area (Å²) in [6.45, 7) is 11.0. The third kappa shape index (κ3) is 5.83. The minimum absolute atomic E-state index is 0.0241. The lowest BCUT2D eigenvalue weighted by molar-refractivity contribution is -0.201. The summed E-state index contributed by atoms with van der Waals surface area (Å²) >= 11 is 5.49. The number of alkyl halides is 1. The molecule has 0 bridgehead atoms. The molecule has 1 spiro atoms. The summed E-state index contributed by atoms with van der Waals surface area (Å²) in [7, 11) is 0. The second-order valence-corrected chi connectivity index (χ2v) is 10.2. The zero-order valence-electron chi connectivity index (χ0n) is 17.8. The highest BCUT2D eigenvalue weighted by Crippen LogP contribution is 2.49. The summed E-state index contributed by atoms with van der Waals surface area (Å²) in [6.07, 6.45) is 7.05. The van der Waals surface area contributed by atoms with Crippen molar-refractivity contribution in [2.24, 2.45) is 23.2 Å². The van der Waals surface area contributed by atoms with E-state index >= 15 is 0 Å². The maximum absolute atomic E-state index is 11.3. The Morgan fingerprint density at radius 2 is 2.04 bits per heavy atom. The maximum Gasteiger partial charge on any atom is 0.320 e. The third-order valence-electron chi connectivity index (χ3n) is 6.77. The molecule has 0 radical (unpaired) electrons. The molecule has 0 amide bonds. The van der Waals surface area contributed by atoms with Gasteiger partial charge in [-0.25, -0.2) is 0 Å². The van der Waals surface area contributed by atoms with Crippen LogP contribution in [-0.2, 0) is 14.3 Å². The number of aliphatic hydroxyl groups excluding tert-OH is 1. The Kier molecular flexibility index (Phi) is 8.04. The smallest absolute Gasteiger partial charge is 0.320 e. The molecular weight excluding hydrogens is 364 g/mol. The van der Waals surface area contributed by atoms with E-state index in [-0.39, 0.29) is 24.2 Å². The third-order valence-corrected chi connectivity index (χ3v) is 6.99. The van der Waals surface area contributed by atoms with Gasteiger partial charge in [0, 0.05) is 11.8 Å². The van der Waals surface area contributed by atoms with Gasteiger partial charge in [-0.1, -0.05) is 41.0 Å². The Bertz CT molecular complexity index is 493. The summed E-state index contributed by atoms with van der Waals surface area (Å²) in [6, 6.07) is 0. The van der Waals surface area contributed by atoms with Crippen molar-refractivity contribution in [3.8, 4) is 0 Å². The van der Waals surface area contributed by atoms with Crippen LogP contribution in [0.3, 0.4) is 0 Å². The second-order valence-electron chi connectivity index (χ2n) is 9.97. The first-order valence-corrected chi connectivity index (χ1v) is 11.2. The van der Waals surface area contributed by atoms with Gasteiger partial charge in [0.05, 0.1) is 24.4 Å². The van der Waals surface area contributed by atoms with Crippen LogP contribution in [0.4, 0.5) is 0 Å². The minimum Gasteiger partial charge on any atom is -0.464 e. The predicted octanol–water partition coefficient (Wildman–Crippen LogP) is 4.95. The Morgan fingerprint density at radius 1 is 1.33 bits per heavy atom. The van der Waals surface area contributed by atoms with E-state index in [0.29, 0.717) is 24.2 Å². The van der Waals surface area contributed by atoms with E-state index in [4.69, 9.17) is 21.1 Å². The number of hydrogen-bond acceptors (Lipinski definition) is 4. The fraction of sp³-hybridized carbons (Fsp3) is 0.955. The van der Waals surface area contributed by atoms with Gasteiger partial charge >= 0.3 is 5.97 Å². The van der Waals surface area contributed by atoms with Gasteiger partial charge in [0.25, 0.3) is 0 Å². The lowest BCUT2D eigenvalue weighted by Gasteiger charge is -2.52. The number of carbonyl (C=O) groups is 1. The summed E-state index contributed by atoms with van der Waals surface area (Å²) in [5.41, 5.74) is -0.545. The summed E-state index contributed by atoms with van der Waals surface area (Å²) in [4.78, 5) is 11.3. The van der Waals surface area contributed by atoms with Crippen molar-refractivity contribution in [3.05, 3.63) is 0 Å². The standard InChI is InChI=1S/C22H39ClO4/c1-15(2)18-9-8-16(3)12-22(18)10-6-7-17(27-22)11-19(24)21(4,5)14-26-20(25)13-23/h15-19,24H,6-14H2,1-5H3/t16-,17+,18+,19+,22?/m1/s1. The lowest BCUT2D eigenvalue weighted by atomic mass is 9.64. The molecule has 1 aliphatic carbocycles. The van der Waals surface area contributed by atoms with Crippen LogP contribution in [0, 0.1) is 23.2 Å². The van der Waals surface area contributed by atoms with Crippen molar-refractivity contribution < 1.29 is 19.4 Å². The van der Waals surface area contributed by atoms with Gasteiger partial charge in [0.1, 0.15) is 5.88 Å². The normalized spacial score (nSPS) is 33.3. The number of rotatable bonds is 7. The van der Waals surface area contributed by atoms with E-state index < -0.39 is 17.5 Å². The SMILES string of the molecule is CC(C)[C@@H]1CC[C@@H](C)CC12CCC[C@@H](C[C@H](O)C(C)(C)COC(=O)CCl)O2. The predicted molar refractivity (Wildman–Crippen MR) is 109 cm³/mol. The van der Waals surface area contributed by atoms with Crippen LogP contribution in [0.15, 0.2) is 0 Å². The number of ether oxygens (including phenoxy) is 2. The van der Waals surface area contributed by atoms with Crippen LogP contribution in [0.5, 0.6) is 0 Å². The molecule has 0 aromatic rings. The number of hydrogen-bond donors (Lipinski definition) is 1. The molecule has 2 aliphatic rings. The van der Waals surface area contributed by atoms with E-state index in [9.17, 15) is 9.90 Å². The fourth-order valence-electron chi connectivity index (χ4n) is 5.15. The molecule has 1 heterocycles. The first-order chi connectivity index (χ1) is 12.6. The number of halogens is 1. The van der Waals surface area contributed by atoms with Crippen molar-refractivity contribution in [1.29, 1.82) is 0 Å². The fourth-order valence-corrected chi connectivity index (χ4v) is 5.23. The largest absolute Gasteiger partial charge is 0.464 e. The van der Waals surface area contributed by atoms with E-state index in [0.717, 1.165) is 25.7 Å². The monoisotopic (exact) mass is 402 g/mol. The highest BCUT2D eigenvalue weighted by atomic mass is 35.5. The van der Waals surface area contributed by atoms with E-state index in [1.807, 2.05) is 13.8 Å². The molecule has 5 atom stereocenters. The van der Waals surface area contributed by atoms with Gasteiger partial charge in [0.2, 0.25) is 0 Å². The van der Waals surface area contributed by atoms with Crippen molar-refractivity contribution >= 4 is 17.6 Å². The minimum atomic E-state index is -0.584. The summed E-state index contributed by atoms with van der Waals surface area (Å²) in [5.74, 6) is 1.32. The molecule has 0 aromatic carbocycles. The molecule has 1 aliphatic heterocycles. The van der Waals surface area contributed by atoms with E-state index in [1.165, 1.54) is 12.8 Å². The molecule has 1 saturated heterocycles. The number of carbonyl (C=O) groups excluding carboxylic acids is 1. The van der Waals surface area contributed by atoms with Crippen molar-refractivity contribution in [2.45, 2.75) is 97.4 Å². The maximum atomic E-state index is 11.3. The first kappa shape index (κ1) is 23.0. The summed E-state index contributed by atoms with van der Waals surface area (Å²) in [5, 5.41) is 10.8. The van der Waals surface area contributed by atoms with Crippen molar-refractivity contribution in [2.75, 3.05) is 12.5 Å². The van der Waals surface area contributed by atoms with Gasteiger partial charge in [0.15, 0.2) is 0 Å². The number of aliphatic hydroxyl groups is 1. The zero-order valence-corrected chi connectivity index (χ0v) is 18.6. The van der Waals surface area contributed by atoms with Gasteiger partial charge in [-0.3, -0.25) is 4.79 Å². The molecule has 1 saturated carbocycles. The van der Waals surface area contributed by atoms with Crippen LogP contribution in [0.25, 0.3) is 0 Å². The number of esters is 1. The molecule has 27 heavy (non-hydrogen) atoms. The highest BCUT2D eigenvalue weighted by Gasteiger charge is 2.48. The van der Waals surface area contributed by atoms with Crippen LogP contribution >= 0.6 is 11.6 Å². The topological polar surface area (TPSA) is 55.8 Å². The molecule has 2 fully saturated rings. The highest BCUT2D eigenvalue weighted by molar-refractivity contribution is 6.26. The molecule has 1 unspecified atom stereocenters. The van der Waals surface area contributed by atoms with Crippen LogP contribution < -0.4 is 0 Å². The Morgan fingerprint density at radius 3 is 2.67 bits per heavy atom. The van der Waals surface area contributed by atoms with Gasteiger partial charge in [-0.05, 0) is 49.9 Å². The summed E-state index contributed by atoms with van der Waals surface area (Å²) < 4.78 is 11.9. The van der Waals surface area contributed by atoms with Crippen LogP contribution in [-0.4, -0.2) is 41.4 Å². The Labute approximate surface area is 170 Å². The quantitative estimate of drug-likeness (QED) is 0.483. The van der Waals surface area contributed by atoms with Crippen LogP contribution in [0.1, 0.15) is 79.6 Å². The second kappa shape index (κ2) is 9.45. The average molecular weight is 403 g/mol. The molecule has 5 heteroatoms.